The summed E-state index contributed by atoms with van der Waals surface area (Å²) in [6.45, 7) is 6.75. The van der Waals surface area contributed by atoms with E-state index in [-0.39, 0.29) is 0 Å². The van der Waals surface area contributed by atoms with Gasteiger partial charge in [-0.2, -0.15) is 0 Å². The minimum atomic E-state index is 1.04. The van der Waals surface area contributed by atoms with Crippen molar-refractivity contribution in [3.05, 3.63) is 48.2 Å². The lowest BCUT2D eigenvalue weighted by Gasteiger charge is -1.97. The minimum absolute atomic E-state index is 1.04. The predicted molar refractivity (Wildman–Crippen MR) is 53.8 cm³/mol. The van der Waals surface area contributed by atoms with Crippen LogP contribution in [-0.2, 0) is 0 Å². The summed E-state index contributed by atoms with van der Waals surface area (Å²) in [6, 6.07) is 0. The molecule has 1 heterocycles. The SMILES string of the molecule is C=C/C=C1/CCN/C1=C/C=C\C. The maximum atomic E-state index is 3.69. The normalized spacial score (nSPS) is 23.8. The molecular formula is C11H15N. The van der Waals surface area contributed by atoms with Crippen molar-refractivity contribution in [1.29, 1.82) is 0 Å². The standard InChI is InChI=1S/C11H15N/c1-3-5-7-11-10(6-4-2)8-9-12-11/h3-7,12H,2,8-9H2,1H3/b5-3-,10-6-,11-7+. The Balaban J connectivity index is 2.76. The fourth-order valence-electron chi connectivity index (χ4n) is 1.25. The molecule has 1 N–H and O–H groups in total. The second kappa shape index (κ2) is 4.60. The van der Waals surface area contributed by atoms with Crippen molar-refractivity contribution < 1.29 is 0 Å². The zero-order valence-electron chi connectivity index (χ0n) is 7.51. The van der Waals surface area contributed by atoms with Gasteiger partial charge in [0.2, 0.25) is 0 Å². The van der Waals surface area contributed by atoms with Crippen LogP contribution < -0.4 is 5.32 Å². The first kappa shape index (κ1) is 8.85. The fourth-order valence-corrected chi connectivity index (χ4v) is 1.25. The molecule has 0 unspecified atom stereocenters. The molecule has 1 aliphatic heterocycles. The number of rotatable bonds is 2. The van der Waals surface area contributed by atoms with Gasteiger partial charge in [0.1, 0.15) is 0 Å². The van der Waals surface area contributed by atoms with Gasteiger partial charge in [0.05, 0.1) is 0 Å². The number of nitrogens with one attached hydrogen (secondary N) is 1. The maximum Gasteiger partial charge on any atom is 0.0373 e. The molecule has 0 aromatic heterocycles. The van der Waals surface area contributed by atoms with Crippen LogP contribution in [0.25, 0.3) is 0 Å². The molecule has 0 bridgehead atoms. The first-order valence-electron chi connectivity index (χ1n) is 4.27. The molecule has 0 radical (unpaired) electrons. The monoisotopic (exact) mass is 161 g/mol. The Morgan fingerprint density at radius 3 is 2.92 bits per heavy atom. The Kier molecular flexibility index (Phi) is 3.39. The van der Waals surface area contributed by atoms with Gasteiger partial charge in [-0.15, -0.1) is 0 Å². The Labute approximate surface area is 74.2 Å². The van der Waals surface area contributed by atoms with Gasteiger partial charge in [0.15, 0.2) is 0 Å². The number of allylic oxidation sites excluding steroid dienone is 6. The average molecular weight is 161 g/mol. The third kappa shape index (κ3) is 2.12. The summed E-state index contributed by atoms with van der Waals surface area (Å²) >= 11 is 0. The molecule has 0 spiro atoms. The third-order valence-corrected chi connectivity index (χ3v) is 1.83. The topological polar surface area (TPSA) is 12.0 Å². The smallest absolute Gasteiger partial charge is 0.0373 e. The van der Waals surface area contributed by atoms with E-state index < -0.39 is 0 Å². The molecular weight excluding hydrogens is 146 g/mol. The van der Waals surface area contributed by atoms with Gasteiger partial charge in [-0.3, -0.25) is 0 Å². The van der Waals surface area contributed by atoms with E-state index in [4.69, 9.17) is 0 Å². The highest BCUT2D eigenvalue weighted by Gasteiger charge is 2.09. The summed E-state index contributed by atoms with van der Waals surface area (Å²) in [6.07, 6.45) is 11.2. The van der Waals surface area contributed by atoms with Gasteiger partial charge < -0.3 is 5.32 Å². The van der Waals surface area contributed by atoms with E-state index in [2.05, 4.69) is 24.0 Å². The fraction of sp³-hybridized carbons (Fsp3) is 0.273. The molecule has 0 amide bonds. The number of hydrogen-bond donors (Lipinski definition) is 1. The Hall–Kier alpha value is -1.24. The second-order valence-electron chi connectivity index (χ2n) is 2.71. The molecule has 0 atom stereocenters. The van der Waals surface area contributed by atoms with E-state index in [0.717, 1.165) is 13.0 Å². The highest BCUT2D eigenvalue weighted by atomic mass is 14.9. The molecule has 12 heavy (non-hydrogen) atoms. The molecule has 64 valence electrons. The van der Waals surface area contributed by atoms with Gasteiger partial charge in [0.25, 0.3) is 0 Å². The molecule has 1 fully saturated rings. The van der Waals surface area contributed by atoms with Crippen LogP contribution in [0.3, 0.4) is 0 Å². The van der Waals surface area contributed by atoms with Crippen molar-refractivity contribution in [3.8, 4) is 0 Å². The zero-order chi connectivity index (χ0) is 8.81. The van der Waals surface area contributed by atoms with Crippen LogP contribution in [-0.4, -0.2) is 6.54 Å². The lowest BCUT2D eigenvalue weighted by Crippen LogP contribution is -2.03. The predicted octanol–water partition coefficient (Wildman–Crippen LogP) is 2.55. The van der Waals surface area contributed by atoms with Crippen LogP contribution >= 0.6 is 0 Å². The second-order valence-corrected chi connectivity index (χ2v) is 2.71. The van der Waals surface area contributed by atoms with E-state index >= 15 is 0 Å². The highest BCUT2D eigenvalue weighted by molar-refractivity contribution is 5.37. The van der Waals surface area contributed by atoms with Crippen molar-refractivity contribution in [2.45, 2.75) is 13.3 Å². The summed E-state index contributed by atoms with van der Waals surface area (Å²) in [5, 5.41) is 3.32. The number of hydrogen-bond acceptors (Lipinski definition) is 1. The molecule has 1 nitrogen and oxygen atoms in total. The average Bonchev–Trinajstić information content (AvgIpc) is 2.50. The first-order chi connectivity index (χ1) is 5.88. The van der Waals surface area contributed by atoms with Crippen molar-refractivity contribution >= 4 is 0 Å². The van der Waals surface area contributed by atoms with Crippen LogP contribution in [0.1, 0.15) is 13.3 Å². The van der Waals surface area contributed by atoms with Crippen LogP contribution in [0, 0.1) is 0 Å². The molecule has 1 rings (SSSR count). The van der Waals surface area contributed by atoms with E-state index in [0.29, 0.717) is 0 Å². The zero-order valence-corrected chi connectivity index (χ0v) is 7.51. The van der Waals surface area contributed by atoms with E-state index in [1.165, 1.54) is 11.3 Å². The summed E-state index contributed by atoms with van der Waals surface area (Å²) in [7, 11) is 0. The van der Waals surface area contributed by atoms with Crippen LogP contribution in [0.4, 0.5) is 0 Å². The Morgan fingerprint density at radius 2 is 2.25 bits per heavy atom. The Bertz CT molecular complexity index is 244. The lowest BCUT2D eigenvalue weighted by atomic mass is 10.1. The summed E-state index contributed by atoms with van der Waals surface area (Å²) in [4.78, 5) is 0. The molecule has 0 aliphatic carbocycles. The molecule has 1 heteroatoms. The minimum Gasteiger partial charge on any atom is -0.384 e. The molecule has 0 aromatic carbocycles. The highest BCUT2D eigenvalue weighted by Crippen LogP contribution is 2.17. The quantitative estimate of drug-likeness (QED) is 0.656. The van der Waals surface area contributed by atoms with Crippen LogP contribution in [0.2, 0.25) is 0 Å². The summed E-state index contributed by atoms with van der Waals surface area (Å²) in [5.41, 5.74) is 2.58. The van der Waals surface area contributed by atoms with Crippen molar-refractivity contribution in [2.75, 3.05) is 6.54 Å². The van der Waals surface area contributed by atoms with Crippen molar-refractivity contribution in [2.24, 2.45) is 0 Å². The third-order valence-electron chi connectivity index (χ3n) is 1.83. The van der Waals surface area contributed by atoms with E-state index in [1.807, 2.05) is 25.2 Å². The largest absolute Gasteiger partial charge is 0.384 e. The molecule has 1 saturated heterocycles. The summed E-state index contributed by atoms with van der Waals surface area (Å²) < 4.78 is 0. The molecule has 0 aromatic rings. The Morgan fingerprint density at radius 1 is 1.42 bits per heavy atom. The summed E-state index contributed by atoms with van der Waals surface area (Å²) in [5.74, 6) is 0. The van der Waals surface area contributed by atoms with Gasteiger partial charge in [-0.25, -0.2) is 0 Å². The van der Waals surface area contributed by atoms with Crippen LogP contribution in [0.5, 0.6) is 0 Å². The van der Waals surface area contributed by atoms with Crippen molar-refractivity contribution in [1.82, 2.24) is 5.32 Å². The van der Waals surface area contributed by atoms with E-state index in [9.17, 15) is 0 Å². The van der Waals surface area contributed by atoms with Gasteiger partial charge in [0, 0.05) is 12.2 Å². The van der Waals surface area contributed by atoms with Gasteiger partial charge >= 0.3 is 0 Å². The van der Waals surface area contributed by atoms with Gasteiger partial charge in [-0.05, 0) is 25.0 Å². The molecule has 0 saturated carbocycles. The lowest BCUT2D eigenvalue weighted by molar-refractivity contribution is 0.915. The van der Waals surface area contributed by atoms with E-state index in [1.54, 1.807) is 0 Å². The van der Waals surface area contributed by atoms with Gasteiger partial charge in [-0.1, -0.05) is 30.9 Å². The van der Waals surface area contributed by atoms with Crippen LogP contribution in [0.15, 0.2) is 48.2 Å². The first-order valence-corrected chi connectivity index (χ1v) is 4.27. The maximum absolute atomic E-state index is 3.69. The molecule has 1 aliphatic rings. The van der Waals surface area contributed by atoms with Crippen molar-refractivity contribution in [3.63, 3.8) is 0 Å².